The van der Waals surface area contributed by atoms with Crippen molar-refractivity contribution >= 4 is 33.3 Å². The number of aromatic nitrogens is 2. The van der Waals surface area contributed by atoms with Gasteiger partial charge in [-0.05, 0) is 51.0 Å². The molecule has 20 heavy (non-hydrogen) atoms. The standard InChI is InChI=1S/C15H19BrN4/c1-8-6-12(16)7-9(2)13(8)20-15-10(3)14(17-5)18-11(4)19-15/h6-7H,1-5H3,(H2,17,18,19,20). The van der Waals surface area contributed by atoms with Crippen LogP contribution in [0.25, 0.3) is 0 Å². The summed E-state index contributed by atoms with van der Waals surface area (Å²) < 4.78 is 1.09. The zero-order valence-corrected chi connectivity index (χ0v) is 14.0. The van der Waals surface area contributed by atoms with Crippen molar-refractivity contribution in [2.75, 3.05) is 17.7 Å². The van der Waals surface area contributed by atoms with Gasteiger partial charge in [0.1, 0.15) is 17.5 Å². The lowest BCUT2D eigenvalue weighted by Gasteiger charge is -2.16. The van der Waals surface area contributed by atoms with Crippen LogP contribution in [0.2, 0.25) is 0 Å². The van der Waals surface area contributed by atoms with E-state index in [2.05, 4.69) is 62.5 Å². The molecule has 1 aromatic carbocycles. The Hall–Kier alpha value is -1.62. The average Bonchev–Trinajstić information content (AvgIpc) is 2.37. The van der Waals surface area contributed by atoms with Crippen molar-refractivity contribution in [2.45, 2.75) is 27.7 Å². The fourth-order valence-corrected chi connectivity index (χ4v) is 2.91. The van der Waals surface area contributed by atoms with Crippen LogP contribution in [-0.2, 0) is 0 Å². The van der Waals surface area contributed by atoms with E-state index >= 15 is 0 Å². The summed E-state index contributed by atoms with van der Waals surface area (Å²) in [6.45, 7) is 8.08. The van der Waals surface area contributed by atoms with E-state index < -0.39 is 0 Å². The number of hydrogen-bond acceptors (Lipinski definition) is 4. The molecule has 0 fully saturated rings. The van der Waals surface area contributed by atoms with Gasteiger partial charge in [-0.3, -0.25) is 0 Å². The van der Waals surface area contributed by atoms with Crippen LogP contribution in [0.1, 0.15) is 22.5 Å². The maximum absolute atomic E-state index is 4.51. The Balaban J connectivity index is 2.48. The number of rotatable bonds is 3. The predicted octanol–water partition coefficient (Wildman–Crippen LogP) is 4.26. The van der Waals surface area contributed by atoms with Crippen molar-refractivity contribution in [3.8, 4) is 0 Å². The molecule has 2 aromatic rings. The Morgan fingerprint density at radius 3 is 2.05 bits per heavy atom. The van der Waals surface area contributed by atoms with Crippen molar-refractivity contribution in [1.82, 2.24) is 9.97 Å². The zero-order chi connectivity index (χ0) is 14.9. The van der Waals surface area contributed by atoms with Gasteiger partial charge in [-0.15, -0.1) is 0 Å². The summed E-state index contributed by atoms with van der Waals surface area (Å²) in [7, 11) is 1.87. The third-order valence-corrected chi connectivity index (χ3v) is 3.69. The van der Waals surface area contributed by atoms with Crippen LogP contribution in [0.3, 0.4) is 0 Å². The van der Waals surface area contributed by atoms with Gasteiger partial charge in [-0.25, -0.2) is 9.97 Å². The molecule has 0 unspecified atom stereocenters. The molecule has 0 amide bonds. The van der Waals surface area contributed by atoms with Gasteiger partial charge >= 0.3 is 0 Å². The third kappa shape index (κ3) is 2.93. The van der Waals surface area contributed by atoms with Crippen LogP contribution >= 0.6 is 15.9 Å². The summed E-state index contributed by atoms with van der Waals surface area (Å²) in [6.07, 6.45) is 0. The second-order valence-corrected chi connectivity index (χ2v) is 5.80. The minimum absolute atomic E-state index is 0.745. The Morgan fingerprint density at radius 2 is 1.50 bits per heavy atom. The summed E-state index contributed by atoms with van der Waals surface area (Å²) >= 11 is 3.52. The summed E-state index contributed by atoms with van der Waals surface area (Å²) in [5.74, 6) is 2.44. The number of benzene rings is 1. The average molecular weight is 335 g/mol. The number of nitrogens with zero attached hydrogens (tertiary/aromatic N) is 2. The summed E-state index contributed by atoms with van der Waals surface area (Å²) in [5, 5.41) is 6.54. The Morgan fingerprint density at radius 1 is 0.950 bits per heavy atom. The smallest absolute Gasteiger partial charge is 0.139 e. The highest BCUT2D eigenvalue weighted by Crippen LogP contribution is 2.30. The number of aryl methyl sites for hydroxylation is 3. The van der Waals surface area contributed by atoms with Crippen LogP contribution in [0, 0.1) is 27.7 Å². The molecule has 4 nitrogen and oxygen atoms in total. The van der Waals surface area contributed by atoms with E-state index in [0.29, 0.717) is 0 Å². The monoisotopic (exact) mass is 334 g/mol. The van der Waals surface area contributed by atoms with Crippen molar-refractivity contribution in [3.05, 3.63) is 39.1 Å². The first-order valence-corrected chi connectivity index (χ1v) is 7.28. The predicted molar refractivity (Wildman–Crippen MR) is 88.0 cm³/mol. The normalized spacial score (nSPS) is 10.5. The summed E-state index contributed by atoms with van der Waals surface area (Å²) in [4.78, 5) is 8.89. The van der Waals surface area contributed by atoms with E-state index in [0.717, 1.165) is 33.2 Å². The van der Waals surface area contributed by atoms with Gasteiger partial charge < -0.3 is 10.6 Å². The highest BCUT2D eigenvalue weighted by atomic mass is 79.9. The molecule has 0 aliphatic rings. The molecule has 0 atom stereocenters. The van der Waals surface area contributed by atoms with E-state index in [9.17, 15) is 0 Å². The number of anilines is 3. The van der Waals surface area contributed by atoms with E-state index in [1.54, 1.807) is 0 Å². The minimum Gasteiger partial charge on any atom is -0.373 e. The number of hydrogen-bond donors (Lipinski definition) is 2. The van der Waals surface area contributed by atoms with Crippen LogP contribution in [-0.4, -0.2) is 17.0 Å². The molecule has 2 N–H and O–H groups in total. The molecule has 1 aromatic heterocycles. The molecule has 0 saturated heterocycles. The van der Waals surface area contributed by atoms with Gasteiger partial charge in [0.05, 0.1) is 0 Å². The SMILES string of the molecule is CNc1nc(C)nc(Nc2c(C)cc(Br)cc2C)c1C. The molecule has 0 bridgehead atoms. The fraction of sp³-hybridized carbons (Fsp3) is 0.333. The molecule has 0 aliphatic heterocycles. The first-order valence-electron chi connectivity index (χ1n) is 6.49. The second kappa shape index (κ2) is 5.79. The third-order valence-electron chi connectivity index (χ3n) is 3.24. The van der Waals surface area contributed by atoms with Gasteiger partial charge in [0.25, 0.3) is 0 Å². The first-order chi connectivity index (χ1) is 9.42. The lowest BCUT2D eigenvalue weighted by molar-refractivity contribution is 1.03. The van der Waals surface area contributed by atoms with Gasteiger partial charge in [0.2, 0.25) is 0 Å². The van der Waals surface area contributed by atoms with Gasteiger partial charge in [0.15, 0.2) is 0 Å². The van der Waals surface area contributed by atoms with Gasteiger partial charge in [0, 0.05) is 22.8 Å². The van der Waals surface area contributed by atoms with E-state index in [1.807, 2.05) is 20.9 Å². The van der Waals surface area contributed by atoms with E-state index in [-0.39, 0.29) is 0 Å². The lowest BCUT2D eigenvalue weighted by atomic mass is 10.1. The van der Waals surface area contributed by atoms with Gasteiger partial charge in [-0.2, -0.15) is 0 Å². The maximum Gasteiger partial charge on any atom is 0.139 e. The highest BCUT2D eigenvalue weighted by molar-refractivity contribution is 9.10. The number of nitrogens with one attached hydrogen (secondary N) is 2. The Labute approximate surface area is 128 Å². The minimum atomic E-state index is 0.745. The Kier molecular flexibility index (Phi) is 4.28. The molecule has 0 spiro atoms. The fourth-order valence-electron chi connectivity index (χ4n) is 2.22. The first kappa shape index (κ1) is 14.8. The molecule has 5 heteroatoms. The molecular weight excluding hydrogens is 316 g/mol. The number of halogens is 1. The van der Waals surface area contributed by atoms with Crippen molar-refractivity contribution < 1.29 is 0 Å². The molecular formula is C15H19BrN4. The topological polar surface area (TPSA) is 49.8 Å². The van der Waals surface area contributed by atoms with Crippen LogP contribution in [0.4, 0.5) is 17.3 Å². The molecule has 0 aliphatic carbocycles. The summed E-state index contributed by atoms with van der Waals surface area (Å²) in [5.41, 5.74) is 4.47. The van der Waals surface area contributed by atoms with E-state index in [4.69, 9.17) is 0 Å². The van der Waals surface area contributed by atoms with Crippen molar-refractivity contribution in [2.24, 2.45) is 0 Å². The van der Waals surface area contributed by atoms with Crippen molar-refractivity contribution in [1.29, 1.82) is 0 Å². The summed E-state index contributed by atoms with van der Waals surface area (Å²) in [6, 6.07) is 4.19. The van der Waals surface area contributed by atoms with Crippen molar-refractivity contribution in [3.63, 3.8) is 0 Å². The molecule has 0 saturated carbocycles. The second-order valence-electron chi connectivity index (χ2n) is 4.88. The molecule has 1 heterocycles. The van der Waals surface area contributed by atoms with Gasteiger partial charge in [-0.1, -0.05) is 15.9 Å². The van der Waals surface area contributed by atoms with E-state index in [1.165, 1.54) is 11.1 Å². The van der Waals surface area contributed by atoms with Crippen LogP contribution in [0.5, 0.6) is 0 Å². The zero-order valence-electron chi connectivity index (χ0n) is 12.4. The maximum atomic E-state index is 4.51. The van der Waals surface area contributed by atoms with Crippen LogP contribution in [0.15, 0.2) is 16.6 Å². The Bertz CT molecular complexity index is 630. The molecule has 2 rings (SSSR count). The lowest BCUT2D eigenvalue weighted by Crippen LogP contribution is -2.06. The molecule has 0 radical (unpaired) electrons. The molecule has 106 valence electrons. The van der Waals surface area contributed by atoms with Crippen LogP contribution < -0.4 is 10.6 Å². The quantitative estimate of drug-likeness (QED) is 0.880. The largest absolute Gasteiger partial charge is 0.373 e. The highest BCUT2D eigenvalue weighted by Gasteiger charge is 2.11.